The second-order valence-corrected chi connectivity index (χ2v) is 8.89. The van der Waals surface area contributed by atoms with E-state index in [1.807, 2.05) is 6.92 Å². The van der Waals surface area contributed by atoms with E-state index in [1.165, 1.54) is 32.6 Å². The summed E-state index contributed by atoms with van der Waals surface area (Å²) in [6.07, 6.45) is 12.1. The molecule has 2 heterocycles. The molecule has 2 aliphatic heterocycles. The lowest BCUT2D eigenvalue weighted by atomic mass is 9.88. The minimum Gasteiger partial charge on any atom is -0.478 e. The molecule has 0 aliphatic carbocycles. The number of aliphatic carboxylic acids is 2. The van der Waals surface area contributed by atoms with Gasteiger partial charge in [0.1, 0.15) is 0 Å². The van der Waals surface area contributed by atoms with Crippen molar-refractivity contribution in [3.63, 3.8) is 0 Å². The van der Waals surface area contributed by atoms with Crippen molar-refractivity contribution in [1.82, 2.24) is 4.90 Å². The van der Waals surface area contributed by atoms with Gasteiger partial charge in [0.25, 0.3) is 0 Å². The average Bonchev–Trinajstić information content (AvgIpc) is 3.25. The van der Waals surface area contributed by atoms with Crippen molar-refractivity contribution in [2.24, 2.45) is 10.3 Å². The van der Waals surface area contributed by atoms with Gasteiger partial charge in [-0.1, -0.05) is 49.8 Å². The minimum atomic E-state index is -1.26. The van der Waals surface area contributed by atoms with Crippen LogP contribution >= 0.6 is 0 Å². The Bertz CT molecular complexity index is 740. The number of hydrogen-bond acceptors (Lipinski definition) is 9. The van der Waals surface area contributed by atoms with Gasteiger partial charge in [0.2, 0.25) is 0 Å². The second kappa shape index (κ2) is 19.4. The number of carbonyl (C=O) groups excluding carboxylic acids is 1. The Morgan fingerprint density at radius 3 is 2.08 bits per heavy atom. The Morgan fingerprint density at radius 2 is 1.64 bits per heavy atom. The van der Waals surface area contributed by atoms with Crippen LogP contribution in [0.5, 0.6) is 0 Å². The van der Waals surface area contributed by atoms with E-state index >= 15 is 0 Å². The molecule has 0 aromatic rings. The molecule has 2 fully saturated rings. The molecular weight excluding hydrogens is 470 g/mol. The first kappa shape index (κ1) is 33.2. The van der Waals surface area contributed by atoms with Gasteiger partial charge >= 0.3 is 17.9 Å². The van der Waals surface area contributed by atoms with Crippen LogP contribution in [0, 0.1) is 0 Å². The van der Waals surface area contributed by atoms with Crippen LogP contribution in [0.2, 0.25) is 0 Å². The van der Waals surface area contributed by atoms with E-state index in [9.17, 15) is 14.4 Å². The van der Waals surface area contributed by atoms with Crippen LogP contribution in [0.25, 0.3) is 0 Å². The van der Waals surface area contributed by atoms with Crippen LogP contribution in [0.1, 0.15) is 85.0 Å². The van der Waals surface area contributed by atoms with Gasteiger partial charge in [-0.05, 0) is 39.2 Å². The zero-order valence-corrected chi connectivity index (χ0v) is 22.1. The molecule has 11 nitrogen and oxygen atoms in total. The first-order valence-electron chi connectivity index (χ1n) is 12.5. The molecule has 0 radical (unpaired) electrons. The molecule has 3 N–H and O–H groups in total. The smallest absolute Gasteiger partial charge is 0.331 e. The maximum absolute atomic E-state index is 10.5. The number of rotatable bonds is 10. The van der Waals surface area contributed by atoms with Gasteiger partial charge in [-0.25, -0.2) is 14.4 Å². The van der Waals surface area contributed by atoms with Crippen LogP contribution in [-0.2, 0) is 24.0 Å². The highest BCUT2D eigenvalue weighted by molar-refractivity contribution is 5.89. The fraction of sp³-hybridized carbons (Fsp3) is 0.720. The fourth-order valence-electron chi connectivity index (χ4n) is 3.61. The summed E-state index contributed by atoms with van der Waals surface area (Å²) in [5.74, 6) is -2.85. The molecule has 0 bridgehead atoms. The lowest BCUT2D eigenvalue weighted by Gasteiger charge is -2.36. The Balaban J connectivity index is 0.000000534. The number of ether oxygens (including phenoxy) is 1. The number of likely N-dealkylation sites (tertiary alicyclic amines) is 1. The van der Waals surface area contributed by atoms with Crippen molar-refractivity contribution in [3.05, 3.63) is 12.2 Å². The number of oxime groups is 2. The van der Waals surface area contributed by atoms with Gasteiger partial charge in [-0.2, -0.15) is 0 Å². The van der Waals surface area contributed by atoms with Crippen LogP contribution < -0.4 is 0 Å². The first-order valence-corrected chi connectivity index (χ1v) is 12.5. The molecular formula is C25H43N3O8. The fourth-order valence-corrected chi connectivity index (χ4v) is 3.61. The highest BCUT2D eigenvalue weighted by Crippen LogP contribution is 2.34. The molecule has 0 aromatic heterocycles. The van der Waals surface area contributed by atoms with E-state index in [2.05, 4.69) is 34.0 Å². The summed E-state index contributed by atoms with van der Waals surface area (Å²) in [5.41, 5.74) is 1.78. The van der Waals surface area contributed by atoms with Crippen LogP contribution in [-0.4, -0.2) is 82.0 Å². The summed E-state index contributed by atoms with van der Waals surface area (Å²) >= 11 is 0. The molecule has 0 unspecified atom stereocenters. The van der Waals surface area contributed by atoms with Crippen molar-refractivity contribution in [1.29, 1.82) is 0 Å². The summed E-state index contributed by atoms with van der Waals surface area (Å²) in [7, 11) is 2.13. The summed E-state index contributed by atoms with van der Waals surface area (Å²) < 4.78 is 5.72. The predicted molar refractivity (Wildman–Crippen MR) is 137 cm³/mol. The van der Waals surface area contributed by atoms with E-state index in [0.29, 0.717) is 18.8 Å². The van der Waals surface area contributed by atoms with Crippen molar-refractivity contribution >= 4 is 29.3 Å². The van der Waals surface area contributed by atoms with Crippen molar-refractivity contribution in [3.8, 4) is 0 Å². The zero-order chi connectivity index (χ0) is 27.4. The molecule has 0 saturated carbocycles. The third kappa shape index (κ3) is 16.8. The molecule has 0 amide bonds. The third-order valence-electron chi connectivity index (χ3n) is 5.76. The Morgan fingerprint density at radius 1 is 1.06 bits per heavy atom. The van der Waals surface area contributed by atoms with Crippen LogP contribution in [0.3, 0.4) is 0 Å². The largest absolute Gasteiger partial charge is 0.478 e. The number of nitrogens with zero attached hydrogens (tertiary/aromatic N) is 3. The Kier molecular flexibility index (Phi) is 17.9. The molecule has 2 saturated heterocycles. The quantitative estimate of drug-likeness (QED) is 0.0976. The SMILES string of the molecule is CCCCCCCC(CC)=NOC(C)=O.CN1CCC2(CC1)CC(=NO)CO2.O=C(O)/C=C\C(=O)O. The summed E-state index contributed by atoms with van der Waals surface area (Å²) in [6.45, 7) is 8.30. The predicted octanol–water partition coefficient (Wildman–Crippen LogP) is 4.09. The van der Waals surface area contributed by atoms with Crippen LogP contribution in [0.4, 0.5) is 0 Å². The van der Waals surface area contributed by atoms with Gasteiger partial charge in [0.05, 0.1) is 23.6 Å². The van der Waals surface area contributed by atoms with Crippen molar-refractivity contribution in [2.75, 3.05) is 26.7 Å². The van der Waals surface area contributed by atoms with Gasteiger partial charge in [0, 0.05) is 38.6 Å². The van der Waals surface area contributed by atoms with Crippen molar-refractivity contribution < 1.29 is 39.4 Å². The molecule has 2 rings (SSSR count). The van der Waals surface area contributed by atoms with Gasteiger partial charge < -0.3 is 29.9 Å². The van der Waals surface area contributed by atoms with E-state index in [4.69, 9.17) is 20.2 Å². The Hall–Kier alpha value is -2.79. The third-order valence-corrected chi connectivity index (χ3v) is 5.76. The second-order valence-electron chi connectivity index (χ2n) is 8.89. The maximum atomic E-state index is 10.5. The highest BCUT2D eigenvalue weighted by Gasteiger charge is 2.40. The van der Waals surface area contributed by atoms with E-state index in [-0.39, 0.29) is 11.6 Å². The molecule has 0 aromatic carbocycles. The van der Waals surface area contributed by atoms with Gasteiger partial charge in [-0.15, -0.1) is 0 Å². The van der Waals surface area contributed by atoms with E-state index in [0.717, 1.165) is 63.0 Å². The molecule has 1 spiro atoms. The lowest BCUT2D eigenvalue weighted by molar-refractivity contribution is -0.141. The maximum Gasteiger partial charge on any atom is 0.331 e. The first-order chi connectivity index (χ1) is 17.1. The van der Waals surface area contributed by atoms with Gasteiger partial charge in [0.15, 0.2) is 0 Å². The number of carbonyl (C=O) groups is 3. The highest BCUT2D eigenvalue weighted by atomic mass is 16.7. The number of unbranched alkanes of at least 4 members (excludes halogenated alkanes) is 4. The standard InChI is InChI=1S/C12H23NO2.C9H16N2O2.C4H4O4/c1-4-6-7-8-9-10-12(5-2)13-15-11(3)14;1-11-4-2-9(3-5-11)6-8(10-12)7-13-9;5-3(6)1-2-4(7)8/h4-10H2,1-3H3;12H,2-7H2,1H3;1-2H,(H,5,6)(H,7,8)/b;;2-1-. The summed E-state index contributed by atoms with van der Waals surface area (Å²) in [4.78, 5) is 36.6. The Labute approximate surface area is 213 Å². The van der Waals surface area contributed by atoms with Crippen LogP contribution in [0.15, 0.2) is 22.5 Å². The normalized spacial score (nSPS) is 18.3. The average molecular weight is 514 g/mol. The monoisotopic (exact) mass is 513 g/mol. The summed E-state index contributed by atoms with van der Waals surface area (Å²) in [5, 5.41) is 31.3. The molecule has 2 aliphatic rings. The minimum absolute atomic E-state index is 0.00588. The van der Waals surface area contributed by atoms with E-state index < -0.39 is 11.9 Å². The number of hydrogen-bond donors (Lipinski definition) is 3. The topological polar surface area (TPSA) is 158 Å². The molecule has 0 atom stereocenters. The van der Waals surface area contributed by atoms with E-state index in [1.54, 1.807) is 0 Å². The number of piperidine rings is 1. The lowest BCUT2D eigenvalue weighted by Crippen LogP contribution is -2.42. The zero-order valence-electron chi connectivity index (χ0n) is 22.1. The molecule has 206 valence electrons. The number of carboxylic acids is 2. The van der Waals surface area contributed by atoms with Gasteiger partial charge in [-0.3, -0.25) is 0 Å². The molecule has 11 heteroatoms. The number of carboxylic acid groups (broad SMARTS) is 2. The molecule has 36 heavy (non-hydrogen) atoms. The summed E-state index contributed by atoms with van der Waals surface area (Å²) in [6, 6.07) is 0. The van der Waals surface area contributed by atoms with Crippen molar-refractivity contribution in [2.45, 2.75) is 90.6 Å².